The molecule has 0 aliphatic carbocycles. The van der Waals surface area contributed by atoms with Crippen LogP contribution < -0.4 is 5.32 Å². The molecular formula is C14H15N3O3S2. The lowest BCUT2D eigenvalue weighted by Crippen LogP contribution is -2.15. The Morgan fingerprint density at radius 2 is 2.18 bits per heavy atom. The minimum Gasteiger partial charge on any atom is -0.465 e. The molecule has 0 spiro atoms. The molecule has 0 atom stereocenters. The highest BCUT2D eigenvalue weighted by atomic mass is 32.2. The first-order chi connectivity index (χ1) is 10.5. The van der Waals surface area contributed by atoms with Gasteiger partial charge in [-0.15, -0.1) is 11.3 Å². The third-order valence-corrected chi connectivity index (χ3v) is 4.45. The van der Waals surface area contributed by atoms with Gasteiger partial charge in [-0.05, 0) is 26.0 Å². The van der Waals surface area contributed by atoms with Crippen LogP contribution in [-0.2, 0) is 9.53 Å². The van der Waals surface area contributed by atoms with Crippen LogP contribution in [-0.4, -0.2) is 34.7 Å². The molecule has 1 N–H and O–H groups in total. The predicted octanol–water partition coefficient (Wildman–Crippen LogP) is 2.67. The van der Waals surface area contributed by atoms with E-state index in [0.29, 0.717) is 15.7 Å². The molecule has 1 amide bonds. The lowest BCUT2D eigenvalue weighted by molar-refractivity contribution is -0.113. The molecule has 8 heteroatoms. The molecule has 0 bridgehead atoms. The van der Waals surface area contributed by atoms with Gasteiger partial charge in [-0.3, -0.25) is 4.79 Å². The number of ether oxygens (including phenoxy) is 1. The van der Waals surface area contributed by atoms with Gasteiger partial charge in [0.2, 0.25) is 5.91 Å². The first-order valence-electron chi connectivity index (χ1n) is 6.40. The standard InChI is InChI=1S/C14H15N3O3S2/c1-8-4-5-15-14(16-8)21-7-11(18)17-12-10(13(19)20-3)6-9(2)22-12/h4-6H,7H2,1-3H3,(H,17,18). The van der Waals surface area contributed by atoms with Crippen molar-refractivity contribution in [3.8, 4) is 0 Å². The van der Waals surface area contributed by atoms with Crippen molar-refractivity contribution in [1.82, 2.24) is 9.97 Å². The van der Waals surface area contributed by atoms with Crippen molar-refractivity contribution >= 4 is 40.0 Å². The van der Waals surface area contributed by atoms with Gasteiger partial charge in [0.15, 0.2) is 5.16 Å². The van der Waals surface area contributed by atoms with Crippen LogP contribution in [0.1, 0.15) is 20.9 Å². The van der Waals surface area contributed by atoms with Crippen LogP contribution in [0.3, 0.4) is 0 Å². The fraction of sp³-hybridized carbons (Fsp3) is 0.286. The van der Waals surface area contributed by atoms with Gasteiger partial charge in [-0.25, -0.2) is 14.8 Å². The van der Waals surface area contributed by atoms with E-state index in [-0.39, 0.29) is 11.7 Å². The summed E-state index contributed by atoms with van der Waals surface area (Å²) in [4.78, 5) is 32.9. The summed E-state index contributed by atoms with van der Waals surface area (Å²) in [6.07, 6.45) is 1.65. The van der Waals surface area contributed by atoms with Crippen molar-refractivity contribution in [3.05, 3.63) is 34.5 Å². The molecule has 0 aliphatic rings. The zero-order chi connectivity index (χ0) is 16.1. The minimum atomic E-state index is -0.464. The van der Waals surface area contributed by atoms with Crippen molar-refractivity contribution in [1.29, 1.82) is 0 Å². The number of anilines is 1. The maximum Gasteiger partial charge on any atom is 0.340 e. The molecule has 0 saturated heterocycles. The van der Waals surface area contributed by atoms with Gasteiger partial charge in [0, 0.05) is 16.8 Å². The average Bonchev–Trinajstić information content (AvgIpc) is 2.85. The maximum atomic E-state index is 12.0. The van der Waals surface area contributed by atoms with E-state index in [2.05, 4.69) is 15.3 Å². The summed E-state index contributed by atoms with van der Waals surface area (Å²) in [5.74, 6) is -0.516. The molecule has 2 aromatic heterocycles. The van der Waals surface area contributed by atoms with Gasteiger partial charge in [0.05, 0.1) is 18.4 Å². The maximum absolute atomic E-state index is 12.0. The number of carbonyl (C=O) groups excluding carboxylic acids is 2. The van der Waals surface area contributed by atoms with Crippen molar-refractivity contribution in [2.75, 3.05) is 18.2 Å². The van der Waals surface area contributed by atoms with E-state index in [1.165, 1.54) is 30.2 Å². The topological polar surface area (TPSA) is 81.2 Å². The SMILES string of the molecule is COC(=O)c1cc(C)sc1NC(=O)CSc1nccc(C)n1. The zero-order valence-electron chi connectivity index (χ0n) is 12.4. The molecular weight excluding hydrogens is 322 g/mol. The van der Waals surface area contributed by atoms with Crippen molar-refractivity contribution in [3.63, 3.8) is 0 Å². The second-order valence-electron chi connectivity index (χ2n) is 4.41. The molecule has 2 heterocycles. The number of amides is 1. The lowest BCUT2D eigenvalue weighted by Gasteiger charge is -2.05. The van der Waals surface area contributed by atoms with E-state index < -0.39 is 5.97 Å². The molecule has 22 heavy (non-hydrogen) atoms. The monoisotopic (exact) mass is 337 g/mol. The molecule has 0 saturated carbocycles. The predicted molar refractivity (Wildman–Crippen MR) is 86.5 cm³/mol. The van der Waals surface area contributed by atoms with Gasteiger partial charge in [-0.1, -0.05) is 11.8 Å². The van der Waals surface area contributed by atoms with Gasteiger partial charge in [0.25, 0.3) is 0 Å². The number of methoxy groups -OCH3 is 1. The first kappa shape index (κ1) is 16.4. The quantitative estimate of drug-likeness (QED) is 0.513. The molecule has 0 radical (unpaired) electrons. The van der Waals surface area contributed by atoms with Crippen LogP contribution in [0.5, 0.6) is 0 Å². The number of carbonyl (C=O) groups is 2. The number of thiophene rings is 1. The Morgan fingerprint density at radius 3 is 2.86 bits per heavy atom. The van der Waals surface area contributed by atoms with E-state index in [9.17, 15) is 9.59 Å². The summed E-state index contributed by atoms with van der Waals surface area (Å²) in [6, 6.07) is 3.49. The van der Waals surface area contributed by atoms with Crippen molar-refractivity contribution in [2.24, 2.45) is 0 Å². The third kappa shape index (κ3) is 4.28. The van der Waals surface area contributed by atoms with E-state index in [4.69, 9.17) is 4.74 Å². The highest BCUT2D eigenvalue weighted by molar-refractivity contribution is 7.99. The van der Waals surface area contributed by atoms with Crippen molar-refractivity contribution < 1.29 is 14.3 Å². The summed E-state index contributed by atoms with van der Waals surface area (Å²) in [5, 5.41) is 3.78. The van der Waals surface area contributed by atoms with Crippen LogP contribution >= 0.6 is 23.1 Å². The highest BCUT2D eigenvalue weighted by Crippen LogP contribution is 2.28. The van der Waals surface area contributed by atoms with Crippen LogP contribution in [0, 0.1) is 13.8 Å². The first-order valence-corrected chi connectivity index (χ1v) is 8.21. The van der Waals surface area contributed by atoms with E-state index in [0.717, 1.165) is 10.6 Å². The van der Waals surface area contributed by atoms with Crippen LogP contribution in [0.25, 0.3) is 0 Å². The van der Waals surface area contributed by atoms with Gasteiger partial charge >= 0.3 is 5.97 Å². The van der Waals surface area contributed by atoms with Crippen LogP contribution in [0.4, 0.5) is 5.00 Å². The second-order valence-corrected chi connectivity index (χ2v) is 6.61. The Bertz CT molecular complexity index is 700. The number of nitrogens with zero attached hydrogens (tertiary/aromatic N) is 2. The number of rotatable bonds is 5. The minimum absolute atomic E-state index is 0.168. The lowest BCUT2D eigenvalue weighted by atomic mass is 10.3. The van der Waals surface area contributed by atoms with E-state index >= 15 is 0 Å². The third-order valence-electron chi connectivity index (χ3n) is 2.62. The molecule has 6 nitrogen and oxygen atoms in total. The number of hydrogen-bond acceptors (Lipinski definition) is 7. The highest BCUT2D eigenvalue weighted by Gasteiger charge is 2.17. The number of aromatic nitrogens is 2. The zero-order valence-corrected chi connectivity index (χ0v) is 14.0. The Hall–Kier alpha value is -1.93. The Balaban J connectivity index is 1.99. The molecule has 0 unspecified atom stereocenters. The summed E-state index contributed by atoms with van der Waals surface area (Å²) >= 11 is 2.58. The number of thioether (sulfide) groups is 1. The summed E-state index contributed by atoms with van der Waals surface area (Å²) in [5.41, 5.74) is 1.22. The fourth-order valence-corrected chi connectivity index (χ4v) is 3.25. The smallest absolute Gasteiger partial charge is 0.340 e. The van der Waals surface area contributed by atoms with E-state index in [1.54, 1.807) is 18.3 Å². The summed E-state index contributed by atoms with van der Waals surface area (Å²) in [7, 11) is 1.31. The molecule has 2 aromatic rings. The molecule has 0 fully saturated rings. The van der Waals surface area contributed by atoms with E-state index in [1.807, 2.05) is 13.8 Å². The number of aryl methyl sites for hydroxylation is 2. The fourth-order valence-electron chi connectivity index (χ4n) is 1.66. The second kappa shape index (κ2) is 7.37. The molecule has 116 valence electrons. The van der Waals surface area contributed by atoms with Gasteiger partial charge < -0.3 is 10.1 Å². The molecule has 0 aliphatic heterocycles. The van der Waals surface area contributed by atoms with Crippen molar-refractivity contribution in [2.45, 2.75) is 19.0 Å². The van der Waals surface area contributed by atoms with Crippen LogP contribution in [0.15, 0.2) is 23.5 Å². The summed E-state index contributed by atoms with van der Waals surface area (Å²) < 4.78 is 4.71. The van der Waals surface area contributed by atoms with Gasteiger partial charge in [0.1, 0.15) is 5.00 Å². The molecule has 0 aromatic carbocycles. The Kier molecular flexibility index (Phi) is 5.51. The Labute approximate surface area is 136 Å². The largest absolute Gasteiger partial charge is 0.465 e. The summed E-state index contributed by atoms with van der Waals surface area (Å²) in [6.45, 7) is 3.73. The average molecular weight is 337 g/mol. The number of nitrogens with one attached hydrogen (secondary N) is 1. The number of esters is 1. The Morgan fingerprint density at radius 1 is 1.41 bits per heavy atom. The van der Waals surface area contributed by atoms with Crippen LogP contribution in [0.2, 0.25) is 0 Å². The number of hydrogen-bond donors (Lipinski definition) is 1. The molecule has 2 rings (SSSR count). The normalized spacial score (nSPS) is 10.3. The van der Waals surface area contributed by atoms with Gasteiger partial charge in [-0.2, -0.15) is 0 Å².